The molecule has 0 aliphatic carbocycles. The fourth-order valence-corrected chi connectivity index (χ4v) is 1.32. The molecule has 2 aromatic heterocycles. The summed E-state index contributed by atoms with van der Waals surface area (Å²) >= 11 is 0. The fourth-order valence-electron chi connectivity index (χ4n) is 1.32. The summed E-state index contributed by atoms with van der Waals surface area (Å²) in [6.45, 7) is 2.04. The van der Waals surface area contributed by atoms with E-state index in [0.717, 1.165) is 16.9 Å². The van der Waals surface area contributed by atoms with E-state index in [0.29, 0.717) is 0 Å². The molecule has 12 heavy (non-hydrogen) atoms. The smallest absolute Gasteiger partial charge is 0.139 e. The number of aliphatic hydroxyl groups is 1. The number of pyridine rings is 1. The maximum absolute atomic E-state index is 8.95. The van der Waals surface area contributed by atoms with E-state index >= 15 is 0 Å². The van der Waals surface area contributed by atoms with E-state index in [4.69, 9.17) is 5.11 Å². The molecule has 1 N–H and O–H groups in total. The summed E-state index contributed by atoms with van der Waals surface area (Å²) in [4.78, 5) is 4.19. The second-order valence-corrected chi connectivity index (χ2v) is 2.79. The van der Waals surface area contributed by atoms with Crippen molar-refractivity contribution in [1.82, 2.24) is 9.38 Å². The number of aliphatic hydroxyl groups excluding tert-OH is 1. The van der Waals surface area contributed by atoms with Gasteiger partial charge >= 0.3 is 0 Å². The van der Waals surface area contributed by atoms with Crippen molar-refractivity contribution in [2.75, 3.05) is 0 Å². The van der Waals surface area contributed by atoms with Crippen LogP contribution in [-0.2, 0) is 6.61 Å². The highest BCUT2D eigenvalue weighted by Gasteiger charge is 2.02. The Bertz CT molecular complexity index is 406. The minimum atomic E-state index is 0.0324. The second kappa shape index (κ2) is 2.60. The van der Waals surface area contributed by atoms with Crippen LogP contribution >= 0.6 is 0 Å². The van der Waals surface area contributed by atoms with Crippen molar-refractivity contribution in [3.05, 3.63) is 35.8 Å². The van der Waals surface area contributed by atoms with Gasteiger partial charge in [-0.1, -0.05) is 6.07 Å². The first kappa shape index (κ1) is 7.31. The van der Waals surface area contributed by atoms with Crippen LogP contribution in [0.3, 0.4) is 0 Å². The van der Waals surface area contributed by atoms with E-state index in [-0.39, 0.29) is 6.61 Å². The molecule has 0 saturated carbocycles. The lowest BCUT2D eigenvalue weighted by Crippen LogP contribution is -1.92. The lowest BCUT2D eigenvalue weighted by atomic mass is 10.3. The van der Waals surface area contributed by atoms with E-state index in [1.165, 1.54) is 0 Å². The van der Waals surface area contributed by atoms with Crippen molar-refractivity contribution in [3.8, 4) is 0 Å². The number of aromatic nitrogens is 2. The molecular formula is C9H10N2O. The van der Waals surface area contributed by atoms with Gasteiger partial charge in [0.15, 0.2) is 0 Å². The number of hydrogen-bond donors (Lipinski definition) is 1. The molecule has 0 spiro atoms. The molecule has 0 atom stereocenters. The normalized spacial score (nSPS) is 10.8. The molecule has 0 fully saturated rings. The number of rotatable bonds is 1. The van der Waals surface area contributed by atoms with Crippen LogP contribution in [0.2, 0.25) is 0 Å². The van der Waals surface area contributed by atoms with Gasteiger partial charge < -0.3 is 9.51 Å². The summed E-state index contributed by atoms with van der Waals surface area (Å²) in [5.41, 5.74) is 2.87. The minimum absolute atomic E-state index is 0.0324. The van der Waals surface area contributed by atoms with Crippen molar-refractivity contribution in [3.63, 3.8) is 0 Å². The molecule has 3 nitrogen and oxygen atoms in total. The highest BCUT2D eigenvalue weighted by Crippen LogP contribution is 2.10. The molecule has 0 radical (unpaired) electrons. The third-order valence-corrected chi connectivity index (χ3v) is 1.97. The third kappa shape index (κ3) is 0.905. The molecular weight excluding hydrogens is 152 g/mol. The molecule has 0 aliphatic heterocycles. The standard InChI is InChI=1S/C9H10N2O/c1-7-3-2-4-11-8(6-12)5-10-9(7)11/h2-5,12H,6H2,1H3. The topological polar surface area (TPSA) is 37.5 Å². The Balaban J connectivity index is 2.80. The lowest BCUT2D eigenvalue weighted by molar-refractivity contribution is 0.276. The van der Waals surface area contributed by atoms with Crippen molar-refractivity contribution in [2.24, 2.45) is 0 Å². The zero-order chi connectivity index (χ0) is 8.55. The predicted molar refractivity (Wildman–Crippen MR) is 45.9 cm³/mol. The van der Waals surface area contributed by atoms with Crippen LogP contribution in [0, 0.1) is 6.92 Å². The van der Waals surface area contributed by atoms with Gasteiger partial charge in [0.05, 0.1) is 18.5 Å². The highest BCUT2D eigenvalue weighted by atomic mass is 16.3. The molecule has 0 bridgehead atoms. The molecule has 0 amide bonds. The largest absolute Gasteiger partial charge is 0.390 e. The van der Waals surface area contributed by atoms with Gasteiger partial charge in [-0.2, -0.15) is 0 Å². The summed E-state index contributed by atoms with van der Waals surface area (Å²) in [6, 6.07) is 3.95. The zero-order valence-electron chi connectivity index (χ0n) is 6.86. The van der Waals surface area contributed by atoms with Crippen LogP contribution in [-0.4, -0.2) is 14.5 Å². The van der Waals surface area contributed by atoms with Crippen molar-refractivity contribution < 1.29 is 5.11 Å². The highest BCUT2D eigenvalue weighted by molar-refractivity contribution is 5.47. The minimum Gasteiger partial charge on any atom is -0.390 e. The molecule has 3 heteroatoms. The van der Waals surface area contributed by atoms with Crippen LogP contribution in [0.5, 0.6) is 0 Å². The van der Waals surface area contributed by atoms with E-state index in [1.54, 1.807) is 6.20 Å². The molecule has 0 aromatic carbocycles. The van der Waals surface area contributed by atoms with Gasteiger partial charge in [0.25, 0.3) is 0 Å². The van der Waals surface area contributed by atoms with E-state index in [1.807, 2.05) is 29.7 Å². The molecule has 2 heterocycles. The van der Waals surface area contributed by atoms with Gasteiger partial charge in [-0.25, -0.2) is 4.98 Å². The summed E-state index contributed by atoms with van der Waals surface area (Å²) in [5.74, 6) is 0. The SMILES string of the molecule is Cc1cccn2c(CO)cnc12. The summed E-state index contributed by atoms with van der Waals surface area (Å²) in [5, 5.41) is 8.95. The van der Waals surface area contributed by atoms with Gasteiger partial charge in [0.2, 0.25) is 0 Å². The van der Waals surface area contributed by atoms with Crippen LogP contribution in [0.1, 0.15) is 11.3 Å². The van der Waals surface area contributed by atoms with Gasteiger partial charge in [-0.05, 0) is 18.6 Å². The Morgan fingerprint density at radius 1 is 1.58 bits per heavy atom. The second-order valence-electron chi connectivity index (χ2n) is 2.79. The van der Waals surface area contributed by atoms with Crippen LogP contribution < -0.4 is 0 Å². The van der Waals surface area contributed by atoms with Crippen molar-refractivity contribution >= 4 is 5.65 Å². The summed E-state index contributed by atoms with van der Waals surface area (Å²) in [7, 11) is 0. The maximum Gasteiger partial charge on any atom is 0.139 e. The molecule has 0 aliphatic rings. The van der Waals surface area contributed by atoms with E-state index < -0.39 is 0 Å². The number of imidazole rings is 1. The van der Waals surface area contributed by atoms with Crippen molar-refractivity contribution in [1.29, 1.82) is 0 Å². The van der Waals surface area contributed by atoms with Gasteiger partial charge in [0, 0.05) is 6.20 Å². The average Bonchev–Trinajstić information content (AvgIpc) is 2.49. The maximum atomic E-state index is 8.95. The number of hydrogen-bond acceptors (Lipinski definition) is 2. The number of fused-ring (bicyclic) bond motifs is 1. The first-order chi connectivity index (χ1) is 5.83. The van der Waals surface area contributed by atoms with Crippen LogP contribution in [0.4, 0.5) is 0 Å². The summed E-state index contributed by atoms with van der Waals surface area (Å²) in [6.07, 6.45) is 3.60. The first-order valence-corrected chi connectivity index (χ1v) is 3.85. The Morgan fingerprint density at radius 3 is 3.17 bits per heavy atom. The Morgan fingerprint density at radius 2 is 2.42 bits per heavy atom. The monoisotopic (exact) mass is 162 g/mol. The third-order valence-electron chi connectivity index (χ3n) is 1.97. The van der Waals surface area contributed by atoms with Crippen LogP contribution in [0.25, 0.3) is 5.65 Å². The summed E-state index contributed by atoms with van der Waals surface area (Å²) < 4.78 is 1.90. The van der Waals surface area contributed by atoms with Gasteiger partial charge in [-0.3, -0.25) is 0 Å². The Labute approximate surface area is 70.3 Å². The quantitative estimate of drug-likeness (QED) is 0.682. The number of nitrogens with zero attached hydrogens (tertiary/aromatic N) is 2. The molecule has 0 unspecified atom stereocenters. The van der Waals surface area contributed by atoms with E-state index in [2.05, 4.69) is 4.98 Å². The van der Waals surface area contributed by atoms with Gasteiger partial charge in [0.1, 0.15) is 5.65 Å². The Kier molecular flexibility index (Phi) is 1.59. The van der Waals surface area contributed by atoms with Crippen LogP contribution in [0.15, 0.2) is 24.5 Å². The fraction of sp³-hybridized carbons (Fsp3) is 0.222. The predicted octanol–water partition coefficient (Wildman–Crippen LogP) is 1.14. The van der Waals surface area contributed by atoms with E-state index in [9.17, 15) is 0 Å². The average molecular weight is 162 g/mol. The molecule has 2 rings (SSSR count). The first-order valence-electron chi connectivity index (χ1n) is 3.85. The molecule has 62 valence electrons. The Hall–Kier alpha value is -1.35. The molecule has 0 saturated heterocycles. The zero-order valence-corrected chi connectivity index (χ0v) is 6.86. The van der Waals surface area contributed by atoms with Crippen molar-refractivity contribution in [2.45, 2.75) is 13.5 Å². The molecule has 2 aromatic rings. The lowest BCUT2D eigenvalue weighted by Gasteiger charge is -1.98. The number of aryl methyl sites for hydroxylation is 1. The van der Waals surface area contributed by atoms with Gasteiger partial charge in [-0.15, -0.1) is 0 Å².